The zero-order valence-corrected chi connectivity index (χ0v) is 10.0. The highest BCUT2D eigenvalue weighted by Gasteiger charge is 2.03. The van der Waals surface area contributed by atoms with Crippen LogP contribution in [0.2, 0.25) is 0 Å². The maximum atomic E-state index is 11.6. The molecule has 1 aromatic carbocycles. The molecular weight excluding hydrogens is 222 g/mol. The third kappa shape index (κ3) is 4.68. The maximum Gasteiger partial charge on any atom is 0.251 e. The quantitative estimate of drug-likeness (QED) is 0.524. The van der Waals surface area contributed by atoms with E-state index >= 15 is 0 Å². The number of benzene rings is 1. The number of nitrogens with one attached hydrogen (secondary N) is 1. The summed E-state index contributed by atoms with van der Waals surface area (Å²) in [5, 5.41) is 11.4. The van der Waals surface area contributed by atoms with E-state index in [0.29, 0.717) is 12.1 Å². The van der Waals surface area contributed by atoms with Crippen molar-refractivity contribution in [2.75, 3.05) is 13.2 Å². The predicted molar refractivity (Wildman–Crippen MR) is 67.0 cm³/mol. The Morgan fingerprint density at radius 2 is 2.12 bits per heavy atom. The normalized spacial score (nSPS) is 10.1. The molecule has 0 saturated heterocycles. The second-order valence-electron chi connectivity index (χ2n) is 3.59. The van der Waals surface area contributed by atoms with E-state index in [1.165, 1.54) is 0 Å². The standard InChI is InChI=1S/C12H17NO2S/c14-8-3-1-2-7-13-12(15)10-5-4-6-11(16)9-10/h4-6,9,14,16H,1-3,7-8H2,(H,13,15). The first kappa shape index (κ1) is 13.1. The number of aliphatic hydroxyl groups excluding tert-OH is 1. The second-order valence-corrected chi connectivity index (χ2v) is 4.11. The number of unbranched alkanes of at least 4 members (excludes halogenated alkanes) is 2. The summed E-state index contributed by atoms with van der Waals surface area (Å²) in [5.74, 6) is -0.0695. The van der Waals surface area contributed by atoms with Crippen LogP contribution in [-0.2, 0) is 0 Å². The molecule has 1 aromatic rings. The van der Waals surface area contributed by atoms with Crippen LogP contribution in [0.25, 0.3) is 0 Å². The lowest BCUT2D eigenvalue weighted by Crippen LogP contribution is -2.24. The molecule has 0 atom stereocenters. The minimum Gasteiger partial charge on any atom is -0.396 e. The van der Waals surface area contributed by atoms with E-state index in [2.05, 4.69) is 17.9 Å². The van der Waals surface area contributed by atoms with Gasteiger partial charge in [-0.3, -0.25) is 4.79 Å². The second kappa shape index (κ2) is 7.30. The van der Waals surface area contributed by atoms with Crippen molar-refractivity contribution in [1.82, 2.24) is 5.32 Å². The first-order valence-electron chi connectivity index (χ1n) is 5.42. The molecule has 0 aliphatic carbocycles. The van der Waals surface area contributed by atoms with E-state index in [1.807, 2.05) is 12.1 Å². The lowest BCUT2D eigenvalue weighted by Gasteiger charge is -2.05. The van der Waals surface area contributed by atoms with Crippen molar-refractivity contribution < 1.29 is 9.90 Å². The minimum atomic E-state index is -0.0695. The van der Waals surface area contributed by atoms with Crippen LogP contribution in [0.4, 0.5) is 0 Å². The summed E-state index contributed by atoms with van der Waals surface area (Å²) in [6.45, 7) is 0.866. The molecule has 1 rings (SSSR count). The van der Waals surface area contributed by atoms with Crippen molar-refractivity contribution in [3.63, 3.8) is 0 Å². The Labute approximate surface area is 101 Å². The van der Waals surface area contributed by atoms with Gasteiger partial charge in [0.05, 0.1) is 0 Å². The molecule has 3 nitrogen and oxygen atoms in total. The molecule has 0 unspecified atom stereocenters. The van der Waals surface area contributed by atoms with Crippen LogP contribution in [0.3, 0.4) is 0 Å². The van der Waals surface area contributed by atoms with Gasteiger partial charge < -0.3 is 10.4 Å². The van der Waals surface area contributed by atoms with Crippen LogP contribution < -0.4 is 5.32 Å². The summed E-state index contributed by atoms with van der Waals surface area (Å²) >= 11 is 4.18. The first-order chi connectivity index (χ1) is 7.74. The van der Waals surface area contributed by atoms with Gasteiger partial charge in [-0.1, -0.05) is 6.07 Å². The van der Waals surface area contributed by atoms with Crippen LogP contribution in [0.15, 0.2) is 29.2 Å². The first-order valence-corrected chi connectivity index (χ1v) is 5.87. The van der Waals surface area contributed by atoms with Gasteiger partial charge in [0.2, 0.25) is 0 Å². The molecule has 0 bridgehead atoms. The summed E-state index contributed by atoms with van der Waals surface area (Å²) in [7, 11) is 0. The third-order valence-electron chi connectivity index (χ3n) is 2.23. The van der Waals surface area contributed by atoms with E-state index in [1.54, 1.807) is 12.1 Å². The van der Waals surface area contributed by atoms with Gasteiger partial charge in [-0.2, -0.15) is 0 Å². The van der Waals surface area contributed by atoms with Gasteiger partial charge in [0, 0.05) is 23.6 Å². The van der Waals surface area contributed by atoms with Crippen LogP contribution in [0, 0.1) is 0 Å². The van der Waals surface area contributed by atoms with Gasteiger partial charge in [-0.25, -0.2) is 0 Å². The fourth-order valence-corrected chi connectivity index (χ4v) is 1.59. The highest BCUT2D eigenvalue weighted by molar-refractivity contribution is 7.80. The summed E-state index contributed by atoms with van der Waals surface area (Å²) in [4.78, 5) is 12.4. The van der Waals surface area contributed by atoms with Crippen molar-refractivity contribution in [3.05, 3.63) is 29.8 Å². The van der Waals surface area contributed by atoms with Crippen LogP contribution in [0.1, 0.15) is 29.6 Å². The van der Waals surface area contributed by atoms with Gasteiger partial charge in [-0.15, -0.1) is 12.6 Å². The molecule has 16 heavy (non-hydrogen) atoms. The van der Waals surface area contributed by atoms with E-state index in [-0.39, 0.29) is 12.5 Å². The number of carbonyl (C=O) groups excluding carboxylic acids is 1. The average molecular weight is 239 g/mol. The molecule has 0 saturated carbocycles. The molecular formula is C12H17NO2S. The molecule has 0 aliphatic heterocycles. The fourth-order valence-electron chi connectivity index (χ4n) is 1.36. The monoisotopic (exact) mass is 239 g/mol. The zero-order valence-electron chi connectivity index (χ0n) is 9.15. The highest BCUT2D eigenvalue weighted by Crippen LogP contribution is 2.08. The summed E-state index contributed by atoms with van der Waals surface area (Å²) in [6, 6.07) is 7.15. The Bertz CT molecular complexity index is 342. The molecule has 2 N–H and O–H groups in total. The predicted octanol–water partition coefficient (Wildman–Crippen LogP) is 1.87. The van der Waals surface area contributed by atoms with Crippen LogP contribution in [0.5, 0.6) is 0 Å². The number of hydrogen-bond acceptors (Lipinski definition) is 3. The molecule has 4 heteroatoms. The van der Waals surface area contributed by atoms with E-state index in [4.69, 9.17) is 5.11 Å². The van der Waals surface area contributed by atoms with Crippen molar-refractivity contribution in [2.24, 2.45) is 0 Å². The molecule has 0 radical (unpaired) electrons. The Kier molecular flexibility index (Phi) is 5.96. The molecule has 88 valence electrons. The fraction of sp³-hybridized carbons (Fsp3) is 0.417. The largest absolute Gasteiger partial charge is 0.396 e. The van der Waals surface area contributed by atoms with E-state index < -0.39 is 0 Å². The topological polar surface area (TPSA) is 49.3 Å². The minimum absolute atomic E-state index is 0.0695. The lowest BCUT2D eigenvalue weighted by molar-refractivity contribution is 0.0952. The van der Waals surface area contributed by atoms with Crippen molar-refractivity contribution in [2.45, 2.75) is 24.2 Å². The van der Waals surface area contributed by atoms with Crippen molar-refractivity contribution in [1.29, 1.82) is 0 Å². The molecule has 0 fully saturated rings. The highest BCUT2D eigenvalue weighted by atomic mass is 32.1. The summed E-state index contributed by atoms with van der Waals surface area (Å²) in [6.07, 6.45) is 2.62. The Morgan fingerprint density at radius 3 is 2.81 bits per heavy atom. The molecule has 0 aromatic heterocycles. The smallest absolute Gasteiger partial charge is 0.251 e. The number of rotatable bonds is 6. The molecule has 0 aliphatic rings. The summed E-state index contributed by atoms with van der Waals surface area (Å²) < 4.78 is 0. The lowest BCUT2D eigenvalue weighted by atomic mass is 10.2. The molecule has 1 amide bonds. The number of aliphatic hydroxyl groups is 1. The molecule has 0 spiro atoms. The third-order valence-corrected chi connectivity index (χ3v) is 2.51. The maximum absolute atomic E-state index is 11.6. The van der Waals surface area contributed by atoms with E-state index in [9.17, 15) is 4.79 Å². The van der Waals surface area contributed by atoms with E-state index in [0.717, 1.165) is 24.2 Å². The Balaban J connectivity index is 2.30. The Hall–Kier alpha value is -1.00. The Morgan fingerprint density at radius 1 is 1.31 bits per heavy atom. The number of carbonyl (C=O) groups is 1. The van der Waals surface area contributed by atoms with Gasteiger partial charge in [0.25, 0.3) is 5.91 Å². The number of amides is 1. The van der Waals surface area contributed by atoms with Gasteiger partial charge >= 0.3 is 0 Å². The van der Waals surface area contributed by atoms with Gasteiger partial charge in [0.1, 0.15) is 0 Å². The van der Waals surface area contributed by atoms with Gasteiger partial charge in [-0.05, 0) is 37.5 Å². The summed E-state index contributed by atoms with van der Waals surface area (Å²) in [5.41, 5.74) is 0.634. The molecule has 0 heterocycles. The van der Waals surface area contributed by atoms with Crippen molar-refractivity contribution in [3.8, 4) is 0 Å². The van der Waals surface area contributed by atoms with Crippen LogP contribution in [-0.4, -0.2) is 24.2 Å². The van der Waals surface area contributed by atoms with Crippen molar-refractivity contribution >= 4 is 18.5 Å². The SMILES string of the molecule is O=C(NCCCCCO)c1cccc(S)c1. The number of hydrogen-bond donors (Lipinski definition) is 3. The number of thiol groups is 1. The zero-order chi connectivity index (χ0) is 11.8. The van der Waals surface area contributed by atoms with Gasteiger partial charge in [0.15, 0.2) is 0 Å². The van der Waals surface area contributed by atoms with Crippen LogP contribution >= 0.6 is 12.6 Å². The average Bonchev–Trinajstić information content (AvgIpc) is 2.28.